The van der Waals surface area contributed by atoms with Gasteiger partial charge in [0, 0.05) is 5.02 Å². The Kier molecular flexibility index (Phi) is 3.03. The van der Waals surface area contributed by atoms with E-state index in [0.29, 0.717) is 15.8 Å². The molecule has 0 N–H and O–H groups in total. The van der Waals surface area contributed by atoms with Crippen LogP contribution in [0.2, 0.25) is 10.0 Å². The van der Waals surface area contributed by atoms with Crippen molar-refractivity contribution >= 4 is 23.2 Å². The van der Waals surface area contributed by atoms with Crippen LogP contribution in [-0.2, 0) is 0 Å². The van der Waals surface area contributed by atoms with E-state index in [1.165, 1.54) is 0 Å². The van der Waals surface area contributed by atoms with Crippen LogP contribution in [0.1, 0.15) is 6.92 Å². The Morgan fingerprint density at radius 2 is 2.09 bits per heavy atom. The van der Waals surface area contributed by atoms with E-state index in [2.05, 4.69) is 0 Å². The van der Waals surface area contributed by atoms with E-state index in [1.807, 2.05) is 0 Å². The second-order valence-corrected chi connectivity index (χ2v) is 2.77. The Labute approximate surface area is 75.9 Å². The van der Waals surface area contributed by atoms with Gasteiger partial charge in [0.25, 0.3) is 0 Å². The molecule has 0 saturated carbocycles. The molecular formula is C8H7Cl2O. The second kappa shape index (κ2) is 3.84. The van der Waals surface area contributed by atoms with E-state index < -0.39 is 0 Å². The molecule has 0 aromatic heterocycles. The van der Waals surface area contributed by atoms with Crippen LogP contribution < -0.4 is 4.74 Å². The lowest BCUT2D eigenvalue weighted by Gasteiger charge is -2.03. The number of ether oxygens (including phenoxy) is 1. The highest BCUT2D eigenvalue weighted by Crippen LogP contribution is 2.27. The molecule has 1 aromatic rings. The van der Waals surface area contributed by atoms with Gasteiger partial charge in [-0.1, -0.05) is 23.2 Å². The van der Waals surface area contributed by atoms with Crippen molar-refractivity contribution in [3.8, 4) is 5.75 Å². The fourth-order valence-corrected chi connectivity index (χ4v) is 1.15. The van der Waals surface area contributed by atoms with E-state index in [4.69, 9.17) is 27.9 Å². The number of benzene rings is 1. The predicted octanol–water partition coefficient (Wildman–Crippen LogP) is 3.55. The summed E-state index contributed by atoms with van der Waals surface area (Å²) in [5.74, 6) is 0.624. The smallest absolute Gasteiger partial charge is 0.138 e. The van der Waals surface area contributed by atoms with Crippen LogP contribution in [0.4, 0.5) is 0 Å². The highest BCUT2D eigenvalue weighted by Gasteiger charge is 1.99. The summed E-state index contributed by atoms with van der Waals surface area (Å²) in [6, 6.07) is 5.10. The molecule has 3 heteroatoms. The van der Waals surface area contributed by atoms with Crippen molar-refractivity contribution in [3.05, 3.63) is 34.9 Å². The average Bonchev–Trinajstić information content (AvgIpc) is 1.95. The topological polar surface area (TPSA) is 9.23 Å². The van der Waals surface area contributed by atoms with E-state index in [0.717, 1.165) is 0 Å². The molecule has 0 saturated heterocycles. The third-order valence-corrected chi connectivity index (χ3v) is 1.67. The molecule has 0 fully saturated rings. The summed E-state index contributed by atoms with van der Waals surface area (Å²) in [7, 11) is 0. The number of hydrogen-bond donors (Lipinski definition) is 0. The van der Waals surface area contributed by atoms with E-state index in [-0.39, 0.29) is 0 Å². The molecule has 0 atom stereocenters. The van der Waals surface area contributed by atoms with Gasteiger partial charge in [-0.3, -0.25) is 0 Å². The Morgan fingerprint density at radius 3 is 2.64 bits per heavy atom. The highest BCUT2D eigenvalue weighted by atomic mass is 35.5. The summed E-state index contributed by atoms with van der Waals surface area (Å²) < 4.78 is 5.08. The van der Waals surface area contributed by atoms with Crippen molar-refractivity contribution < 1.29 is 4.74 Å². The van der Waals surface area contributed by atoms with Gasteiger partial charge in [0.1, 0.15) is 12.4 Å². The molecule has 0 amide bonds. The standard InChI is InChI=1S/C8H7Cl2O/c1-2-11-8-4-3-6(9)5-7(8)10/h2-5H,1H3. The first kappa shape index (κ1) is 8.69. The zero-order chi connectivity index (χ0) is 8.27. The van der Waals surface area contributed by atoms with Crippen LogP contribution in [0.3, 0.4) is 0 Å². The summed E-state index contributed by atoms with van der Waals surface area (Å²) in [4.78, 5) is 0. The maximum absolute atomic E-state index is 5.78. The number of rotatable bonds is 2. The minimum atomic E-state index is 0.524. The molecule has 0 spiro atoms. The van der Waals surface area contributed by atoms with Crippen LogP contribution >= 0.6 is 23.2 Å². The van der Waals surface area contributed by atoms with Crippen molar-refractivity contribution in [2.75, 3.05) is 0 Å². The summed E-state index contributed by atoms with van der Waals surface area (Å²) in [5.41, 5.74) is 0. The third-order valence-electron chi connectivity index (χ3n) is 1.14. The number of halogens is 2. The van der Waals surface area contributed by atoms with Gasteiger partial charge in [-0.15, -0.1) is 0 Å². The second-order valence-electron chi connectivity index (χ2n) is 1.93. The maximum Gasteiger partial charge on any atom is 0.138 e. The van der Waals surface area contributed by atoms with Crippen LogP contribution in [0.15, 0.2) is 18.2 Å². The van der Waals surface area contributed by atoms with Crippen molar-refractivity contribution in [1.82, 2.24) is 0 Å². The van der Waals surface area contributed by atoms with Gasteiger partial charge in [-0.2, -0.15) is 0 Å². The Balaban J connectivity index is 2.90. The molecule has 1 aromatic carbocycles. The lowest BCUT2D eigenvalue weighted by atomic mass is 10.3. The van der Waals surface area contributed by atoms with Crippen molar-refractivity contribution in [1.29, 1.82) is 0 Å². The van der Waals surface area contributed by atoms with Crippen LogP contribution in [0.5, 0.6) is 5.75 Å². The number of hydrogen-bond acceptors (Lipinski definition) is 1. The van der Waals surface area contributed by atoms with Crippen molar-refractivity contribution in [3.63, 3.8) is 0 Å². The fraction of sp³-hybridized carbons (Fsp3) is 0.125. The van der Waals surface area contributed by atoms with Crippen molar-refractivity contribution in [2.45, 2.75) is 6.92 Å². The lowest BCUT2D eigenvalue weighted by molar-refractivity contribution is 0.417. The quantitative estimate of drug-likeness (QED) is 0.692. The molecule has 1 radical (unpaired) electrons. The van der Waals surface area contributed by atoms with E-state index in [1.54, 1.807) is 31.7 Å². The van der Waals surface area contributed by atoms with Crippen molar-refractivity contribution in [2.24, 2.45) is 0 Å². The van der Waals surface area contributed by atoms with Crippen LogP contribution in [-0.4, -0.2) is 0 Å². The fourth-order valence-electron chi connectivity index (χ4n) is 0.698. The first-order valence-corrected chi connectivity index (χ1v) is 3.89. The molecule has 0 aliphatic carbocycles. The van der Waals surface area contributed by atoms with Crippen LogP contribution in [0.25, 0.3) is 0 Å². The normalized spacial score (nSPS) is 9.73. The summed E-state index contributed by atoms with van der Waals surface area (Å²) in [6.45, 7) is 3.35. The molecule has 0 heterocycles. The van der Waals surface area contributed by atoms with E-state index in [9.17, 15) is 0 Å². The van der Waals surface area contributed by atoms with Gasteiger partial charge in [0.05, 0.1) is 5.02 Å². The van der Waals surface area contributed by atoms with Gasteiger partial charge in [-0.25, -0.2) is 0 Å². The highest BCUT2D eigenvalue weighted by molar-refractivity contribution is 6.35. The zero-order valence-electron chi connectivity index (χ0n) is 5.97. The molecule has 59 valence electrons. The zero-order valence-corrected chi connectivity index (χ0v) is 7.49. The Hall–Kier alpha value is -0.400. The molecule has 11 heavy (non-hydrogen) atoms. The van der Waals surface area contributed by atoms with Crippen LogP contribution in [0, 0.1) is 6.61 Å². The van der Waals surface area contributed by atoms with Gasteiger partial charge >= 0.3 is 0 Å². The minimum absolute atomic E-state index is 0.524. The monoisotopic (exact) mass is 189 g/mol. The summed E-state index contributed by atoms with van der Waals surface area (Å²) in [6.07, 6.45) is 0. The first-order chi connectivity index (χ1) is 5.24. The van der Waals surface area contributed by atoms with Gasteiger partial charge in [0.15, 0.2) is 0 Å². The van der Waals surface area contributed by atoms with E-state index >= 15 is 0 Å². The molecule has 1 nitrogen and oxygen atoms in total. The first-order valence-electron chi connectivity index (χ1n) is 3.13. The Morgan fingerprint density at radius 1 is 1.36 bits per heavy atom. The van der Waals surface area contributed by atoms with Gasteiger partial charge in [0.2, 0.25) is 0 Å². The molecule has 0 unspecified atom stereocenters. The minimum Gasteiger partial charge on any atom is -0.485 e. The average molecular weight is 190 g/mol. The maximum atomic E-state index is 5.78. The molecule has 0 aliphatic rings. The lowest BCUT2D eigenvalue weighted by Crippen LogP contribution is -1.85. The Bertz CT molecular complexity index is 248. The SMILES string of the molecule is C[CH]Oc1ccc(Cl)cc1Cl. The largest absolute Gasteiger partial charge is 0.485 e. The molecule has 1 rings (SSSR count). The van der Waals surface area contributed by atoms with Gasteiger partial charge < -0.3 is 4.74 Å². The summed E-state index contributed by atoms with van der Waals surface area (Å²) >= 11 is 11.4. The van der Waals surface area contributed by atoms with Gasteiger partial charge in [-0.05, 0) is 25.1 Å². The molecule has 0 bridgehead atoms. The molecule has 0 aliphatic heterocycles. The third kappa shape index (κ3) is 2.28. The molecular weight excluding hydrogens is 183 g/mol. The predicted molar refractivity (Wildman–Crippen MR) is 47.1 cm³/mol. The summed E-state index contributed by atoms with van der Waals surface area (Å²) in [5, 5.41) is 1.13.